The summed E-state index contributed by atoms with van der Waals surface area (Å²) in [5.74, 6) is -1.01. The lowest BCUT2D eigenvalue weighted by Gasteiger charge is -2.23. The van der Waals surface area contributed by atoms with Gasteiger partial charge in [-0.25, -0.2) is 8.78 Å². The van der Waals surface area contributed by atoms with E-state index in [2.05, 4.69) is 26.1 Å². The van der Waals surface area contributed by atoms with Crippen molar-refractivity contribution in [1.82, 2.24) is 5.32 Å². The molecule has 0 aromatic heterocycles. The number of hydrogen-bond donors (Lipinski definition) is 1. The van der Waals surface area contributed by atoms with Crippen LogP contribution < -0.4 is 5.32 Å². The highest BCUT2D eigenvalue weighted by molar-refractivity contribution is 5.18. The molecule has 0 radical (unpaired) electrons. The van der Waals surface area contributed by atoms with Crippen molar-refractivity contribution < 1.29 is 8.78 Å². The van der Waals surface area contributed by atoms with Crippen LogP contribution >= 0.6 is 0 Å². The van der Waals surface area contributed by atoms with Crippen LogP contribution in [-0.4, -0.2) is 13.1 Å². The zero-order chi connectivity index (χ0) is 13.8. The van der Waals surface area contributed by atoms with Gasteiger partial charge in [0.05, 0.1) is 0 Å². The molecule has 1 N–H and O–H groups in total. The SMILES string of the molecule is CNC(CCC(C)(C)C)Cc1cc(F)cc(F)c1. The summed E-state index contributed by atoms with van der Waals surface area (Å²) in [6.45, 7) is 6.59. The number of nitrogens with one attached hydrogen (secondary N) is 1. The molecule has 1 nitrogen and oxygen atoms in total. The Morgan fingerprint density at radius 3 is 2.11 bits per heavy atom. The van der Waals surface area contributed by atoms with E-state index in [4.69, 9.17) is 0 Å². The summed E-state index contributed by atoms with van der Waals surface area (Å²) in [6.07, 6.45) is 2.73. The zero-order valence-corrected chi connectivity index (χ0v) is 11.7. The number of rotatable bonds is 5. The first-order valence-electron chi connectivity index (χ1n) is 6.42. The quantitative estimate of drug-likeness (QED) is 0.841. The third-order valence-electron chi connectivity index (χ3n) is 3.06. The second-order valence-electron chi connectivity index (χ2n) is 6.07. The van der Waals surface area contributed by atoms with E-state index in [-0.39, 0.29) is 11.5 Å². The summed E-state index contributed by atoms with van der Waals surface area (Å²) in [5, 5.41) is 3.22. The van der Waals surface area contributed by atoms with Gasteiger partial charge in [-0.15, -0.1) is 0 Å². The lowest BCUT2D eigenvalue weighted by Crippen LogP contribution is -2.29. The van der Waals surface area contributed by atoms with Gasteiger partial charge in [-0.3, -0.25) is 0 Å². The molecule has 0 aliphatic heterocycles. The molecule has 0 amide bonds. The highest BCUT2D eigenvalue weighted by Gasteiger charge is 2.15. The van der Waals surface area contributed by atoms with Crippen LogP contribution in [0.25, 0.3) is 0 Å². The van der Waals surface area contributed by atoms with Crippen molar-refractivity contribution >= 4 is 0 Å². The Balaban J connectivity index is 2.62. The van der Waals surface area contributed by atoms with Crippen LogP contribution in [0.2, 0.25) is 0 Å². The van der Waals surface area contributed by atoms with Gasteiger partial charge in [-0.1, -0.05) is 20.8 Å². The molecule has 0 bridgehead atoms. The largest absolute Gasteiger partial charge is 0.317 e. The highest BCUT2D eigenvalue weighted by Crippen LogP contribution is 2.22. The molecular weight excluding hydrogens is 232 g/mol. The van der Waals surface area contributed by atoms with Crippen LogP contribution in [0.5, 0.6) is 0 Å². The van der Waals surface area contributed by atoms with Gasteiger partial charge in [0.25, 0.3) is 0 Å². The van der Waals surface area contributed by atoms with Crippen molar-refractivity contribution in [2.24, 2.45) is 5.41 Å². The molecule has 3 heteroatoms. The first-order valence-corrected chi connectivity index (χ1v) is 6.42. The Bertz CT molecular complexity index is 362. The average Bonchev–Trinajstić information content (AvgIpc) is 2.21. The van der Waals surface area contributed by atoms with Gasteiger partial charge < -0.3 is 5.32 Å². The zero-order valence-electron chi connectivity index (χ0n) is 11.7. The molecular formula is C15H23F2N. The van der Waals surface area contributed by atoms with Gasteiger partial charge >= 0.3 is 0 Å². The van der Waals surface area contributed by atoms with Crippen LogP contribution in [0.3, 0.4) is 0 Å². The predicted octanol–water partition coefficient (Wildman–Crippen LogP) is 3.92. The molecule has 102 valence electrons. The summed E-state index contributed by atoms with van der Waals surface area (Å²) >= 11 is 0. The second kappa shape index (κ2) is 6.28. The summed E-state index contributed by atoms with van der Waals surface area (Å²) < 4.78 is 26.2. The fourth-order valence-electron chi connectivity index (χ4n) is 1.97. The van der Waals surface area contributed by atoms with E-state index in [1.165, 1.54) is 12.1 Å². The molecule has 1 unspecified atom stereocenters. The van der Waals surface area contributed by atoms with Crippen molar-refractivity contribution in [1.29, 1.82) is 0 Å². The van der Waals surface area contributed by atoms with Crippen LogP contribution in [0.1, 0.15) is 39.2 Å². The van der Waals surface area contributed by atoms with Gasteiger partial charge in [0.1, 0.15) is 11.6 Å². The van der Waals surface area contributed by atoms with E-state index in [1.807, 2.05) is 7.05 Å². The van der Waals surface area contributed by atoms with Crippen molar-refractivity contribution in [2.45, 2.75) is 46.1 Å². The first kappa shape index (κ1) is 15.1. The maximum Gasteiger partial charge on any atom is 0.126 e. The van der Waals surface area contributed by atoms with Crippen molar-refractivity contribution in [3.05, 3.63) is 35.4 Å². The average molecular weight is 255 g/mol. The standard InChI is InChI=1S/C15H23F2N/c1-15(2,3)6-5-14(18-4)9-11-7-12(16)10-13(17)8-11/h7-8,10,14,18H,5-6,9H2,1-4H3. The van der Waals surface area contributed by atoms with E-state index < -0.39 is 11.6 Å². The van der Waals surface area contributed by atoms with E-state index in [1.54, 1.807) is 0 Å². The summed E-state index contributed by atoms with van der Waals surface area (Å²) in [5.41, 5.74) is 0.989. The lowest BCUT2D eigenvalue weighted by atomic mass is 9.87. The number of halogens is 2. The van der Waals surface area contributed by atoms with Crippen LogP contribution in [0.4, 0.5) is 8.78 Å². The number of benzene rings is 1. The molecule has 0 saturated carbocycles. The maximum atomic E-state index is 13.1. The Labute approximate surface area is 109 Å². The van der Waals surface area contributed by atoms with E-state index in [0.29, 0.717) is 12.0 Å². The summed E-state index contributed by atoms with van der Waals surface area (Å²) in [6, 6.07) is 3.98. The minimum absolute atomic E-state index is 0.255. The molecule has 1 aromatic rings. The van der Waals surface area contributed by atoms with Gasteiger partial charge in [0.2, 0.25) is 0 Å². The van der Waals surface area contributed by atoms with Gasteiger partial charge in [-0.05, 0) is 49.4 Å². The minimum atomic E-state index is -0.504. The number of likely N-dealkylation sites (N-methyl/N-ethyl adjacent to an activating group) is 1. The summed E-state index contributed by atoms with van der Waals surface area (Å²) in [4.78, 5) is 0. The Morgan fingerprint density at radius 2 is 1.67 bits per heavy atom. The minimum Gasteiger partial charge on any atom is -0.317 e. The molecule has 0 fully saturated rings. The van der Waals surface area contributed by atoms with Crippen molar-refractivity contribution in [2.75, 3.05) is 7.05 Å². The fraction of sp³-hybridized carbons (Fsp3) is 0.600. The smallest absolute Gasteiger partial charge is 0.126 e. The molecule has 1 rings (SSSR count). The van der Waals surface area contributed by atoms with Gasteiger partial charge in [-0.2, -0.15) is 0 Å². The lowest BCUT2D eigenvalue weighted by molar-refractivity contribution is 0.334. The molecule has 0 heterocycles. The van der Waals surface area contributed by atoms with Crippen molar-refractivity contribution in [3.8, 4) is 0 Å². The summed E-state index contributed by atoms with van der Waals surface area (Å²) in [7, 11) is 1.89. The topological polar surface area (TPSA) is 12.0 Å². The van der Waals surface area contributed by atoms with E-state index >= 15 is 0 Å². The second-order valence-corrected chi connectivity index (χ2v) is 6.07. The molecule has 18 heavy (non-hydrogen) atoms. The Kier molecular flexibility index (Phi) is 5.27. The Hall–Kier alpha value is -0.960. The van der Waals surface area contributed by atoms with Crippen molar-refractivity contribution in [3.63, 3.8) is 0 Å². The van der Waals surface area contributed by atoms with E-state index in [0.717, 1.165) is 18.9 Å². The third-order valence-corrected chi connectivity index (χ3v) is 3.06. The molecule has 0 aliphatic carbocycles. The van der Waals surface area contributed by atoms with Gasteiger partial charge in [0, 0.05) is 12.1 Å². The van der Waals surface area contributed by atoms with Gasteiger partial charge in [0.15, 0.2) is 0 Å². The monoisotopic (exact) mass is 255 g/mol. The molecule has 0 aliphatic rings. The maximum absolute atomic E-state index is 13.1. The van der Waals surface area contributed by atoms with Crippen LogP contribution in [-0.2, 0) is 6.42 Å². The molecule has 1 aromatic carbocycles. The first-order chi connectivity index (χ1) is 8.30. The molecule has 0 saturated heterocycles. The normalized spacial score (nSPS) is 13.7. The number of hydrogen-bond acceptors (Lipinski definition) is 1. The van der Waals surface area contributed by atoms with Crippen LogP contribution in [0, 0.1) is 17.0 Å². The Morgan fingerprint density at radius 1 is 1.11 bits per heavy atom. The van der Waals surface area contributed by atoms with Crippen LogP contribution in [0.15, 0.2) is 18.2 Å². The predicted molar refractivity (Wildman–Crippen MR) is 71.6 cm³/mol. The van der Waals surface area contributed by atoms with E-state index in [9.17, 15) is 8.78 Å². The third kappa shape index (κ3) is 5.58. The fourth-order valence-corrected chi connectivity index (χ4v) is 1.97. The molecule has 1 atom stereocenters. The highest BCUT2D eigenvalue weighted by atomic mass is 19.1. The molecule has 0 spiro atoms.